The Morgan fingerprint density at radius 2 is 2.31 bits per heavy atom. The zero-order valence-corrected chi connectivity index (χ0v) is 11.5. The molecule has 1 heterocycles. The summed E-state index contributed by atoms with van der Waals surface area (Å²) in [6.45, 7) is 5.34. The fourth-order valence-corrected chi connectivity index (χ4v) is 2.59. The molecule has 1 saturated heterocycles. The van der Waals surface area contributed by atoms with E-state index in [-0.39, 0.29) is 0 Å². The van der Waals surface area contributed by atoms with Crippen LogP contribution in [-0.4, -0.2) is 31.2 Å². The lowest BCUT2D eigenvalue weighted by Gasteiger charge is -2.17. The summed E-state index contributed by atoms with van der Waals surface area (Å²) in [6.07, 6.45) is 1.57. The van der Waals surface area contributed by atoms with Crippen molar-refractivity contribution in [1.29, 1.82) is 0 Å². The lowest BCUT2D eigenvalue weighted by atomic mass is 10.1. The van der Waals surface area contributed by atoms with Crippen LogP contribution in [-0.2, 0) is 11.3 Å². The monoisotopic (exact) mass is 283 g/mol. The number of methoxy groups -OCH3 is 1. The van der Waals surface area contributed by atoms with Crippen LogP contribution >= 0.6 is 15.9 Å². The number of likely N-dealkylation sites (tertiary alicyclic amines) is 1. The van der Waals surface area contributed by atoms with Crippen LogP contribution in [0, 0.1) is 6.92 Å². The Morgan fingerprint density at radius 3 is 3.00 bits per heavy atom. The summed E-state index contributed by atoms with van der Waals surface area (Å²) in [5.41, 5.74) is 2.68. The van der Waals surface area contributed by atoms with Crippen molar-refractivity contribution in [2.45, 2.75) is 26.0 Å². The Labute approximate surface area is 106 Å². The summed E-state index contributed by atoms with van der Waals surface area (Å²) in [5, 5.41) is 0. The van der Waals surface area contributed by atoms with Crippen LogP contribution in [0.2, 0.25) is 0 Å². The predicted molar refractivity (Wildman–Crippen MR) is 69.6 cm³/mol. The Bertz CT molecular complexity index is 367. The molecule has 0 radical (unpaired) electrons. The van der Waals surface area contributed by atoms with Gasteiger partial charge in [0.05, 0.1) is 6.10 Å². The number of nitrogens with zero attached hydrogens (tertiary/aromatic N) is 1. The van der Waals surface area contributed by atoms with Gasteiger partial charge in [0.25, 0.3) is 0 Å². The molecule has 1 aliphatic rings. The number of hydrogen-bond acceptors (Lipinski definition) is 2. The fourth-order valence-electron chi connectivity index (χ4n) is 2.20. The maximum atomic E-state index is 5.38. The molecular weight excluding hydrogens is 266 g/mol. The number of halogens is 1. The molecule has 3 heteroatoms. The first-order chi connectivity index (χ1) is 7.70. The van der Waals surface area contributed by atoms with Gasteiger partial charge in [-0.25, -0.2) is 0 Å². The minimum Gasteiger partial charge on any atom is -0.380 e. The molecule has 1 fully saturated rings. The van der Waals surface area contributed by atoms with E-state index in [1.54, 1.807) is 7.11 Å². The van der Waals surface area contributed by atoms with Gasteiger partial charge in [-0.2, -0.15) is 0 Å². The highest BCUT2D eigenvalue weighted by molar-refractivity contribution is 9.10. The van der Waals surface area contributed by atoms with E-state index in [2.05, 4.69) is 46.0 Å². The molecule has 0 bridgehead atoms. The van der Waals surface area contributed by atoms with Gasteiger partial charge >= 0.3 is 0 Å². The molecule has 1 aromatic carbocycles. The molecule has 88 valence electrons. The second kappa shape index (κ2) is 5.30. The molecule has 0 saturated carbocycles. The van der Waals surface area contributed by atoms with Gasteiger partial charge in [0, 0.05) is 31.2 Å². The molecule has 1 unspecified atom stereocenters. The topological polar surface area (TPSA) is 12.5 Å². The van der Waals surface area contributed by atoms with Crippen LogP contribution in [0.3, 0.4) is 0 Å². The summed E-state index contributed by atoms with van der Waals surface area (Å²) in [4.78, 5) is 2.45. The van der Waals surface area contributed by atoms with Crippen molar-refractivity contribution in [3.8, 4) is 0 Å². The Hall–Kier alpha value is -0.380. The molecule has 1 aliphatic heterocycles. The lowest BCUT2D eigenvalue weighted by Crippen LogP contribution is -2.22. The summed E-state index contributed by atoms with van der Waals surface area (Å²) in [7, 11) is 1.80. The normalized spacial score (nSPS) is 21.6. The Kier molecular flexibility index (Phi) is 4.00. The van der Waals surface area contributed by atoms with E-state index in [4.69, 9.17) is 4.74 Å². The average molecular weight is 284 g/mol. The summed E-state index contributed by atoms with van der Waals surface area (Å²) in [5.74, 6) is 0. The number of hydrogen-bond donors (Lipinski definition) is 0. The molecule has 0 spiro atoms. The van der Waals surface area contributed by atoms with E-state index in [1.807, 2.05) is 0 Å². The van der Waals surface area contributed by atoms with Gasteiger partial charge in [0.2, 0.25) is 0 Å². The quantitative estimate of drug-likeness (QED) is 0.846. The molecule has 0 N–H and O–H groups in total. The van der Waals surface area contributed by atoms with E-state index in [0.717, 1.165) is 26.1 Å². The summed E-state index contributed by atoms with van der Waals surface area (Å²) in [6, 6.07) is 6.45. The number of aryl methyl sites for hydroxylation is 1. The van der Waals surface area contributed by atoms with Crippen molar-refractivity contribution in [3.63, 3.8) is 0 Å². The maximum Gasteiger partial charge on any atom is 0.0710 e. The third-order valence-corrected chi connectivity index (χ3v) is 4.36. The first kappa shape index (κ1) is 12.1. The molecule has 2 nitrogen and oxygen atoms in total. The van der Waals surface area contributed by atoms with Crippen molar-refractivity contribution in [3.05, 3.63) is 33.8 Å². The highest BCUT2D eigenvalue weighted by Gasteiger charge is 2.22. The third-order valence-electron chi connectivity index (χ3n) is 3.23. The van der Waals surface area contributed by atoms with Crippen molar-refractivity contribution in [1.82, 2.24) is 4.90 Å². The molecule has 0 amide bonds. The van der Waals surface area contributed by atoms with Crippen LogP contribution < -0.4 is 0 Å². The minimum atomic E-state index is 0.420. The zero-order valence-electron chi connectivity index (χ0n) is 9.87. The van der Waals surface area contributed by atoms with Crippen molar-refractivity contribution < 1.29 is 4.74 Å². The van der Waals surface area contributed by atoms with Gasteiger partial charge in [-0.15, -0.1) is 0 Å². The van der Waals surface area contributed by atoms with Gasteiger partial charge in [0.1, 0.15) is 0 Å². The third kappa shape index (κ3) is 2.65. The molecule has 0 aromatic heterocycles. The van der Waals surface area contributed by atoms with Crippen LogP contribution in [0.25, 0.3) is 0 Å². The molecule has 1 atom stereocenters. The van der Waals surface area contributed by atoms with Gasteiger partial charge in [-0.05, 0) is 24.5 Å². The molecular formula is C13H18BrNO. The molecule has 0 aliphatic carbocycles. The SMILES string of the molecule is COC1CCN(Cc2cccc(C)c2Br)C1. The van der Waals surface area contributed by atoms with Gasteiger partial charge < -0.3 is 4.74 Å². The van der Waals surface area contributed by atoms with Crippen molar-refractivity contribution in [2.24, 2.45) is 0 Å². The molecule has 2 rings (SSSR count). The Balaban J connectivity index is 2.02. The van der Waals surface area contributed by atoms with Crippen LogP contribution in [0.5, 0.6) is 0 Å². The maximum absolute atomic E-state index is 5.38. The van der Waals surface area contributed by atoms with E-state index < -0.39 is 0 Å². The van der Waals surface area contributed by atoms with E-state index in [0.29, 0.717) is 6.10 Å². The second-order valence-corrected chi connectivity index (χ2v) is 5.22. The second-order valence-electron chi connectivity index (χ2n) is 4.43. The van der Waals surface area contributed by atoms with Crippen LogP contribution in [0.4, 0.5) is 0 Å². The highest BCUT2D eigenvalue weighted by Crippen LogP contribution is 2.24. The van der Waals surface area contributed by atoms with Gasteiger partial charge in [-0.3, -0.25) is 4.90 Å². The Morgan fingerprint density at radius 1 is 1.50 bits per heavy atom. The van der Waals surface area contributed by atoms with Gasteiger partial charge in [-0.1, -0.05) is 34.1 Å². The average Bonchev–Trinajstić information content (AvgIpc) is 2.73. The van der Waals surface area contributed by atoms with E-state index >= 15 is 0 Å². The van der Waals surface area contributed by atoms with Crippen molar-refractivity contribution in [2.75, 3.05) is 20.2 Å². The fraction of sp³-hybridized carbons (Fsp3) is 0.538. The van der Waals surface area contributed by atoms with Crippen molar-refractivity contribution >= 4 is 15.9 Å². The minimum absolute atomic E-state index is 0.420. The smallest absolute Gasteiger partial charge is 0.0710 e. The largest absolute Gasteiger partial charge is 0.380 e. The number of benzene rings is 1. The number of rotatable bonds is 3. The molecule has 1 aromatic rings. The standard InChI is InChI=1S/C13H18BrNO/c1-10-4-3-5-11(13(10)14)8-15-7-6-12(9-15)16-2/h3-5,12H,6-9H2,1-2H3. The predicted octanol–water partition coefficient (Wildman–Crippen LogP) is 2.98. The van der Waals surface area contributed by atoms with Crippen LogP contribution in [0.1, 0.15) is 17.5 Å². The van der Waals surface area contributed by atoms with Crippen LogP contribution in [0.15, 0.2) is 22.7 Å². The lowest BCUT2D eigenvalue weighted by molar-refractivity contribution is 0.107. The summed E-state index contributed by atoms with van der Waals surface area (Å²) >= 11 is 3.66. The first-order valence-electron chi connectivity index (χ1n) is 5.70. The molecule has 16 heavy (non-hydrogen) atoms. The summed E-state index contributed by atoms with van der Waals surface area (Å²) < 4.78 is 6.63. The zero-order chi connectivity index (χ0) is 11.5. The van der Waals surface area contributed by atoms with Gasteiger partial charge in [0.15, 0.2) is 0 Å². The van der Waals surface area contributed by atoms with E-state index in [1.165, 1.54) is 15.6 Å². The van der Waals surface area contributed by atoms with E-state index in [9.17, 15) is 0 Å². The highest BCUT2D eigenvalue weighted by atomic mass is 79.9. The first-order valence-corrected chi connectivity index (χ1v) is 6.49. The number of ether oxygens (including phenoxy) is 1.